The molecule has 0 aromatic rings. The molecule has 0 aromatic carbocycles. The first-order valence-electron chi connectivity index (χ1n) is 3.34. The van der Waals surface area contributed by atoms with Crippen molar-refractivity contribution in [2.75, 3.05) is 0 Å². The molecule has 1 heterocycles. The Hall–Kier alpha value is -0.0800. The average molecular weight is 128 g/mol. The molecule has 0 atom stereocenters. The molecule has 0 saturated carbocycles. The smallest absolute Gasteiger partial charge is 0.00540 e. The van der Waals surface area contributed by atoms with E-state index in [4.69, 9.17) is 0 Å². The van der Waals surface area contributed by atoms with E-state index in [2.05, 4.69) is 0 Å². The van der Waals surface area contributed by atoms with Crippen molar-refractivity contribution < 1.29 is 0 Å². The standard InChI is InChI=1S/C7H14NO/c1-6(2)5-7(3,4)8(6)9/h5H2,1-4H3/q-1. The second-order valence-electron chi connectivity index (χ2n) is 4.10. The summed E-state index contributed by atoms with van der Waals surface area (Å²) in [5.41, 5.74) is -0.215. The SMILES string of the molecule is CC1(C)CC(C)(C)N1[O-]. The van der Waals surface area contributed by atoms with Crippen LogP contribution in [-0.4, -0.2) is 16.1 Å². The fourth-order valence-corrected chi connectivity index (χ4v) is 1.93. The fraction of sp³-hybridized carbons (Fsp3) is 1.00. The van der Waals surface area contributed by atoms with Gasteiger partial charge in [0.2, 0.25) is 0 Å². The summed E-state index contributed by atoms with van der Waals surface area (Å²) in [7, 11) is 0. The van der Waals surface area contributed by atoms with Crippen molar-refractivity contribution >= 4 is 0 Å². The Kier molecular flexibility index (Phi) is 1.17. The van der Waals surface area contributed by atoms with Crippen LogP contribution in [0, 0.1) is 5.21 Å². The zero-order valence-corrected chi connectivity index (χ0v) is 6.56. The van der Waals surface area contributed by atoms with E-state index in [-0.39, 0.29) is 11.1 Å². The molecule has 1 fully saturated rings. The van der Waals surface area contributed by atoms with Crippen LogP contribution in [0.15, 0.2) is 0 Å². The second-order valence-corrected chi connectivity index (χ2v) is 4.10. The van der Waals surface area contributed by atoms with Gasteiger partial charge in [-0.1, -0.05) is 0 Å². The summed E-state index contributed by atoms with van der Waals surface area (Å²) >= 11 is 0. The van der Waals surface area contributed by atoms with Gasteiger partial charge in [0.1, 0.15) is 0 Å². The lowest BCUT2D eigenvalue weighted by atomic mass is 9.75. The Balaban J connectivity index is 2.62. The van der Waals surface area contributed by atoms with E-state index >= 15 is 0 Å². The van der Waals surface area contributed by atoms with Crippen LogP contribution < -0.4 is 0 Å². The Labute approximate surface area is 56.4 Å². The van der Waals surface area contributed by atoms with Crippen molar-refractivity contribution in [3.8, 4) is 0 Å². The molecular formula is C7H14NO-. The molecule has 1 aliphatic rings. The van der Waals surface area contributed by atoms with Gasteiger partial charge >= 0.3 is 0 Å². The van der Waals surface area contributed by atoms with Gasteiger partial charge in [-0.15, -0.1) is 0 Å². The Morgan fingerprint density at radius 2 is 1.44 bits per heavy atom. The van der Waals surface area contributed by atoms with Crippen LogP contribution in [-0.2, 0) is 0 Å². The topological polar surface area (TPSA) is 26.3 Å². The molecule has 0 unspecified atom stereocenters. The lowest BCUT2D eigenvalue weighted by Gasteiger charge is -2.66. The van der Waals surface area contributed by atoms with Crippen LogP contribution in [0.2, 0.25) is 0 Å². The van der Waals surface area contributed by atoms with Gasteiger partial charge in [0.05, 0.1) is 0 Å². The molecule has 0 radical (unpaired) electrons. The Morgan fingerprint density at radius 1 is 1.11 bits per heavy atom. The molecule has 1 rings (SSSR count). The molecule has 0 aliphatic carbocycles. The first-order chi connectivity index (χ1) is 3.86. The highest BCUT2D eigenvalue weighted by Crippen LogP contribution is 2.42. The van der Waals surface area contributed by atoms with Crippen molar-refractivity contribution in [3.63, 3.8) is 0 Å². The molecule has 54 valence electrons. The average Bonchev–Trinajstić information content (AvgIpc) is 1.63. The summed E-state index contributed by atoms with van der Waals surface area (Å²) < 4.78 is 0. The molecule has 9 heavy (non-hydrogen) atoms. The highest BCUT2D eigenvalue weighted by molar-refractivity contribution is 5.06. The summed E-state index contributed by atoms with van der Waals surface area (Å²) in [6, 6.07) is 0. The van der Waals surface area contributed by atoms with Gasteiger partial charge in [0, 0.05) is 11.1 Å². The maximum atomic E-state index is 11.1. The van der Waals surface area contributed by atoms with Crippen LogP contribution in [0.4, 0.5) is 0 Å². The minimum atomic E-state index is -0.108. The monoisotopic (exact) mass is 128 g/mol. The van der Waals surface area contributed by atoms with Crippen molar-refractivity contribution in [2.24, 2.45) is 0 Å². The Morgan fingerprint density at radius 3 is 1.44 bits per heavy atom. The molecule has 0 spiro atoms. The third-order valence-electron chi connectivity index (χ3n) is 1.96. The molecule has 1 aliphatic heterocycles. The quantitative estimate of drug-likeness (QED) is 0.496. The maximum absolute atomic E-state index is 11.1. The van der Waals surface area contributed by atoms with Gasteiger partial charge < -0.3 is 10.3 Å². The van der Waals surface area contributed by atoms with Gasteiger partial charge in [0.25, 0.3) is 0 Å². The summed E-state index contributed by atoms with van der Waals surface area (Å²) in [6.07, 6.45) is 1.00. The first kappa shape index (κ1) is 7.03. The van der Waals surface area contributed by atoms with E-state index in [0.717, 1.165) is 6.42 Å². The van der Waals surface area contributed by atoms with E-state index in [0.29, 0.717) is 0 Å². The lowest BCUT2D eigenvalue weighted by Crippen LogP contribution is -2.65. The molecule has 0 bridgehead atoms. The van der Waals surface area contributed by atoms with Crippen molar-refractivity contribution in [3.05, 3.63) is 5.21 Å². The lowest BCUT2D eigenvalue weighted by molar-refractivity contribution is -0.0640. The van der Waals surface area contributed by atoms with Crippen molar-refractivity contribution in [1.82, 2.24) is 5.06 Å². The second kappa shape index (κ2) is 1.50. The molecule has 1 saturated heterocycles. The van der Waals surface area contributed by atoms with Crippen LogP contribution >= 0.6 is 0 Å². The minimum absolute atomic E-state index is 0.108. The zero-order valence-electron chi connectivity index (χ0n) is 6.56. The van der Waals surface area contributed by atoms with Crippen molar-refractivity contribution in [1.29, 1.82) is 0 Å². The fourth-order valence-electron chi connectivity index (χ4n) is 1.93. The van der Waals surface area contributed by atoms with Crippen LogP contribution in [0.25, 0.3) is 0 Å². The predicted molar refractivity (Wildman–Crippen MR) is 38.0 cm³/mol. The van der Waals surface area contributed by atoms with Gasteiger partial charge in [-0.05, 0) is 34.1 Å². The normalized spacial score (nSPS) is 31.7. The molecule has 2 heteroatoms. The van der Waals surface area contributed by atoms with Gasteiger partial charge in [-0.3, -0.25) is 0 Å². The van der Waals surface area contributed by atoms with E-state index in [9.17, 15) is 5.21 Å². The molecule has 0 aromatic heterocycles. The highest BCUT2D eigenvalue weighted by Gasteiger charge is 2.43. The molecule has 0 amide bonds. The number of rotatable bonds is 0. The summed E-state index contributed by atoms with van der Waals surface area (Å²) in [4.78, 5) is 0. The number of hydroxylamine groups is 2. The number of hydrogen-bond acceptors (Lipinski definition) is 2. The van der Waals surface area contributed by atoms with Crippen LogP contribution in [0.5, 0.6) is 0 Å². The van der Waals surface area contributed by atoms with Crippen LogP contribution in [0.1, 0.15) is 34.1 Å². The first-order valence-corrected chi connectivity index (χ1v) is 3.34. The summed E-state index contributed by atoms with van der Waals surface area (Å²) in [5.74, 6) is 0. The molecule has 2 nitrogen and oxygen atoms in total. The summed E-state index contributed by atoms with van der Waals surface area (Å²) in [5, 5.41) is 12.3. The minimum Gasteiger partial charge on any atom is -0.784 e. The van der Waals surface area contributed by atoms with Crippen molar-refractivity contribution in [2.45, 2.75) is 45.2 Å². The molecular weight excluding hydrogens is 114 g/mol. The largest absolute Gasteiger partial charge is 0.784 e. The van der Waals surface area contributed by atoms with Gasteiger partial charge in [0.15, 0.2) is 0 Å². The van der Waals surface area contributed by atoms with E-state index in [1.54, 1.807) is 0 Å². The Bertz CT molecular complexity index is 115. The zero-order chi connectivity index (χ0) is 7.28. The maximum Gasteiger partial charge on any atom is 0.00540 e. The summed E-state index contributed by atoms with van der Waals surface area (Å²) in [6.45, 7) is 7.91. The predicted octanol–water partition coefficient (Wildman–Crippen LogP) is 1.75. The number of nitrogens with zero attached hydrogens (tertiary/aromatic N) is 1. The van der Waals surface area contributed by atoms with Gasteiger partial charge in [-0.25, -0.2) is 0 Å². The third-order valence-corrected chi connectivity index (χ3v) is 1.96. The van der Waals surface area contributed by atoms with E-state index in [1.807, 2.05) is 27.7 Å². The van der Waals surface area contributed by atoms with Gasteiger partial charge in [-0.2, -0.15) is 0 Å². The van der Waals surface area contributed by atoms with E-state index in [1.165, 1.54) is 5.06 Å². The highest BCUT2D eigenvalue weighted by atomic mass is 16.5. The third kappa shape index (κ3) is 0.864. The number of hydrogen-bond donors (Lipinski definition) is 0. The van der Waals surface area contributed by atoms with Crippen LogP contribution in [0.3, 0.4) is 0 Å². The molecule has 0 N–H and O–H groups in total. The van der Waals surface area contributed by atoms with E-state index < -0.39 is 0 Å².